The van der Waals surface area contributed by atoms with E-state index in [4.69, 9.17) is 4.74 Å². The number of anilines is 1. The van der Waals surface area contributed by atoms with Gasteiger partial charge >= 0.3 is 0 Å². The number of aromatic nitrogens is 2. The Bertz CT molecular complexity index is 502. The van der Waals surface area contributed by atoms with Crippen molar-refractivity contribution in [1.29, 1.82) is 0 Å². The van der Waals surface area contributed by atoms with Crippen LogP contribution in [0.5, 0.6) is 11.6 Å². The minimum absolute atomic E-state index is 0.296. The van der Waals surface area contributed by atoms with Crippen LogP contribution in [0, 0.1) is 5.82 Å². The van der Waals surface area contributed by atoms with Crippen molar-refractivity contribution in [2.75, 3.05) is 11.9 Å². The smallest absolute Gasteiger partial charge is 0.225 e. The summed E-state index contributed by atoms with van der Waals surface area (Å²) in [6.45, 7) is 2.87. The average molecular weight is 247 g/mol. The van der Waals surface area contributed by atoms with Gasteiger partial charge in [-0.1, -0.05) is 6.92 Å². The highest BCUT2D eigenvalue weighted by Gasteiger charge is 2.01. The van der Waals surface area contributed by atoms with Crippen LogP contribution in [0.25, 0.3) is 0 Å². The van der Waals surface area contributed by atoms with Gasteiger partial charge in [0, 0.05) is 18.8 Å². The van der Waals surface area contributed by atoms with Crippen molar-refractivity contribution in [3.63, 3.8) is 0 Å². The molecule has 0 aliphatic heterocycles. The van der Waals surface area contributed by atoms with Crippen molar-refractivity contribution in [3.05, 3.63) is 42.3 Å². The van der Waals surface area contributed by atoms with Gasteiger partial charge in [-0.15, -0.1) is 0 Å². The van der Waals surface area contributed by atoms with Crippen molar-refractivity contribution >= 4 is 5.95 Å². The molecule has 0 unspecified atom stereocenters. The van der Waals surface area contributed by atoms with E-state index >= 15 is 0 Å². The topological polar surface area (TPSA) is 47.0 Å². The molecule has 0 aliphatic rings. The molecule has 5 heteroatoms. The Morgan fingerprint density at radius 3 is 2.72 bits per heavy atom. The summed E-state index contributed by atoms with van der Waals surface area (Å²) in [6, 6.07) is 7.44. The predicted molar refractivity (Wildman–Crippen MR) is 67.3 cm³/mol. The Morgan fingerprint density at radius 2 is 2.00 bits per heavy atom. The number of halogens is 1. The molecule has 0 atom stereocenters. The quantitative estimate of drug-likeness (QED) is 0.881. The molecule has 94 valence electrons. The molecular formula is C13H14FN3O. The Morgan fingerprint density at radius 1 is 1.22 bits per heavy atom. The van der Waals surface area contributed by atoms with E-state index in [9.17, 15) is 4.39 Å². The zero-order chi connectivity index (χ0) is 12.8. The molecule has 0 saturated carbocycles. The molecule has 0 amide bonds. The van der Waals surface area contributed by atoms with Gasteiger partial charge in [-0.05, 0) is 30.7 Å². The van der Waals surface area contributed by atoms with Crippen LogP contribution in [-0.2, 0) is 0 Å². The van der Waals surface area contributed by atoms with Gasteiger partial charge in [-0.3, -0.25) is 0 Å². The van der Waals surface area contributed by atoms with Gasteiger partial charge < -0.3 is 10.1 Å². The lowest BCUT2D eigenvalue weighted by atomic mass is 10.3. The number of hydrogen-bond donors (Lipinski definition) is 1. The molecule has 18 heavy (non-hydrogen) atoms. The fraction of sp³-hybridized carbons (Fsp3) is 0.231. The van der Waals surface area contributed by atoms with Gasteiger partial charge in [0.1, 0.15) is 11.6 Å². The fourth-order valence-corrected chi connectivity index (χ4v) is 1.34. The monoisotopic (exact) mass is 247 g/mol. The second-order valence-corrected chi connectivity index (χ2v) is 3.70. The summed E-state index contributed by atoms with van der Waals surface area (Å²) in [5.41, 5.74) is 0. The minimum Gasteiger partial charge on any atom is -0.439 e. The van der Waals surface area contributed by atoms with E-state index in [0.717, 1.165) is 13.0 Å². The maximum absolute atomic E-state index is 12.7. The molecule has 2 rings (SSSR count). The summed E-state index contributed by atoms with van der Waals surface area (Å²) in [5, 5.41) is 3.07. The molecule has 1 aromatic carbocycles. The highest BCUT2D eigenvalue weighted by atomic mass is 19.1. The first kappa shape index (κ1) is 12.3. The maximum Gasteiger partial charge on any atom is 0.225 e. The van der Waals surface area contributed by atoms with Gasteiger partial charge in [0.15, 0.2) is 0 Å². The molecule has 0 bridgehead atoms. The highest BCUT2D eigenvalue weighted by molar-refractivity contribution is 5.31. The lowest BCUT2D eigenvalue weighted by molar-refractivity contribution is 0.460. The van der Waals surface area contributed by atoms with Gasteiger partial charge in [-0.2, -0.15) is 4.98 Å². The fourth-order valence-electron chi connectivity index (χ4n) is 1.34. The second kappa shape index (κ2) is 5.95. The summed E-state index contributed by atoms with van der Waals surface area (Å²) >= 11 is 0. The zero-order valence-corrected chi connectivity index (χ0v) is 10.1. The van der Waals surface area contributed by atoms with Crippen LogP contribution in [0.1, 0.15) is 13.3 Å². The summed E-state index contributed by atoms with van der Waals surface area (Å²) in [5.74, 6) is 1.19. The van der Waals surface area contributed by atoms with Gasteiger partial charge in [0.05, 0.1) is 0 Å². The van der Waals surface area contributed by atoms with Crippen molar-refractivity contribution in [2.24, 2.45) is 0 Å². The summed E-state index contributed by atoms with van der Waals surface area (Å²) in [6.07, 6.45) is 2.61. The molecule has 4 nitrogen and oxygen atoms in total. The largest absolute Gasteiger partial charge is 0.439 e. The van der Waals surface area contributed by atoms with Crippen molar-refractivity contribution in [2.45, 2.75) is 13.3 Å². The molecule has 2 aromatic rings. The van der Waals surface area contributed by atoms with E-state index in [0.29, 0.717) is 17.6 Å². The second-order valence-electron chi connectivity index (χ2n) is 3.70. The maximum atomic E-state index is 12.7. The average Bonchev–Trinajstić information content (AvgIpc) is 2.40. The van der Waals surface area contributed by atoms with Gasteiger partial charge in [0.2, 0.25) is 11.8 Å². The third-order valence-corrected chi connectivity index (χ3v) is 2.20. The van der Waals surface area contributed by atoms with Crippen LogP contribution in [-0.4, -0.2) is 16.5 Å². The number of hydrogen-bond acceptors (Lipinski definition) is 4. The number of ether oxygens (including phenoxy) is 1. The Balaban J connectivity index is 2.06. The Hall–Kier alpha value is -2.17. The molecule has 0 saturated heterocycles. The van der Waals surface area contributed by atoms with Crippen LogP contribution in [0.2, 0.25) is 0 Å². The van der Waals surface area contributed by atoms with Crippen LogP contribution >= 0.6 is 0 Å². The lowest BCUT2D eigenvalue weighted by Crippen LogP contribution is -2.04. The Kier molecular flexibility index (Phi) is 4.06. The van der Waals surface area contributed by atoms with E-state index < -0.39 is 0 Å². The first-order chi connectivity index (χ1) is 8.78. The summed E-state index contributed by atoms with van der Waals surface area (Å²) in [4.78, 5) is 8.26. The van der Waals surface area contributed by atoms with Crippen LogP contribution in [0.4, 0.5) is 10.3 Å². The molecule has 1 N–H and O–H groups in total. The van der Waals surface area contributed by atoms with Crippen LogP contribution < -0.4 is 10.1 Å². The first-order valence-electron chi connectivity index (χ1n) is 5.78. The third-order valence-electron chi connectivity index (χ3n) is 2.20. The first-order valence-corrected chi connectivity index (χ1v) is 5.78. The van der Waals surface area contributed by atoms with E-state index in [1.807, 2.05) is 0 Å². The van der Waals surface area contributed by atoms with Crippen molar-refractivity contribution in [1.82, 2.24) is 9.97 Å². The molecule has 0 fully saturated rings. The predicted octanol–water partition coefficient (Wildman–Crippen LogP) is 3.23. The van der Waals surface area contributed by atoms with Crippen molar-refractivity contribution < 1.29 is 9.13 Å². The van der Waals surface area contributed by atoms with Crippen molar-refractivity contribution in [3.8, 4) is 11.6 Å². The normalized spacial score (nSPS) is 10.1. The van der Waals surface area contributed by atoms with E-state index in [-0.39, 0.29) is 5.82 Å². The lowest BCUT2D eigenvalue weighted by Gasteiger charge is -2.06. The number of rotatable bonds is 5. The number of benzene rings is 1. The SMILES string of the molecule is CCCNc1nccc(Oc2ccc(F)cc2)n1. The van der Waals surface area contributed by atoms with Crippen LogP contribution in [0.3, 0.4) is 0 Å². The summed E-state index contributed by atoms with van der Waals surface area (Å²) < 4.78 is 18.2. The van der Waals surface area contributed by atoms with E-state index in [2.05, 4.69) is 22.2 Å². The molecule has 0 aliphatic carbocycles. The number of nitrogens with zero attached hydrogens (tertiary/aromatic N) is 2. The minimum atomic E-state index is -0.296. The molecule has 1 aromatic heterocycles. The molecule has 0 spiro atoms. The summed E-state index contributed by atoms with van der Waals surface area (Å²) in [7, 11) is 0. The molecule has 1 heterocycles. The van der Waals surface area contributed by atoms with Crippen LogP contribution in [0.15, 0.2) is 36.5 Å². The number of nitrogens with one attached hydrogen (secondary N) is 1. The third kappa shape index (κ3) is 3.41. The van der Waals surface area contributed by atoms with E-state index in [1.165, 1.54) is 12.1 Å². The Labute approximate surface area is 105 Å². The van der Waals surface area contributed by atoms with Gasteiger partial charge in [-0.25, -0.2) is 9.37 Å². The van der Waals surface area contributed by atoms with Gasteiger partial charge in [0.25, 0.3) is 0 Å². The molecule has 0 radical (unpaired) electrons. The molecular weight excluding hydrogens is 233 g/mol. The zero-order valence-electron chi connectivity index (χ0n) is 10.1. The van der Waals surface area contributed by atoms with E-state index in [1.54, 1.807) is 24.4 Å². The highest BCUT2D eigenvalue weighted by Crippen LogP contribution is 2.19. The standard InChI is InChI=1S/C13H14FN3O/c1-2-8-15-13-16-9-7-12(17-13)18-11-5-3-10(14)4-6-11/h3-7,9H,2,8H2,1H3,(H,15,16,17).